The fourth-order valence-corrected chi connectivity index (χ4v) is 4.34. The molecule has 0 unspecified atom stereocenters. The van der Waals surface area contributed by atoms with Crippen molar-refractivity contribution in [3.8, 4) is 5.75 Å². The van der Waals surface area contributed by atoms with E-state index < -0.39 is 10.1 Å². The second-order valence-electron chi connectivity index (χ2n) is 6.79. The van der Waals surface area contributed by atoms with E-state index in [1.165, 1.54) is 0 Å². The number of hydrogen-bond donors (Lipinski definition) is 0. The molecule has 1 aliphatic heterocycles. The molecule has 7 heteroatoms. The maximum absolute atomic E-state index is 12.2. The maximum Gasteiger partial charge on any atom is 0.310 e. The highest BCUT2D eigenvalue weighted by molar-refractivity contribution is 7.87. The predicted octanol–water partition coefficient (Wildman–Crippen LogP) is 3.42. The van der Waals surface area contributed by atoms with Gasteiger partial charge in [-0.05, 0) is 50.2 Å². The zero-order valence-corrected chi connectivity index (χ0v) is 15.8. The molecule has 0 radical (unpaired) electrons. The molecule has 0 amide bonds. The van der Waals surface area contributed by atoms with Gasteiger partial charge in [0.2, 0.25) is 0 Å². The summed E-state index contributed by atoms with van der Waals surface area (Å²) in [5, 5.41) is 0. The van der Waals surface area contributed by atoms with Crippen molar-refractivity contribution < 1.29 is 17.0 Å². The maximum atomic E-state index is 12.2. The molecule has 0 N–H and O–H groups in total. The number of benzene rings is 2. The number of piperidine rings is 1. The Kier molecular flexibility index (Phi) is 5.13. The lowest BCUT2D eigenvalue weighted by Gasteiger charge is -2.30. The lowest BCUT2D eigenvalue weighted by Crippen LogP contribution is -2.37. The second kappa shape index (κ2) is 7.70. The van der Waals surface area contributed by atoms with Crippen LogP contribution in [0.4, 0.5) is 0 Å². The van der Waals surface area contributed by atoms with Crippen molar-refractivity contribution in [3.05, 3.63) is 60.5 Å². The van der Waals surface area contributed by atoms with E-state index in [9.17, 15) is 8.42 Å². The summed E-state index contributed by atoms with van der Waals surface area (Å²) in [6, 6.07) is 16.4. The molecular weight excluding hydrogens is 364 g/mol. The Morgan fingerprint density at radius 1 is 1.04 bits per heavy atom. The molecule has 4 rings (SSSR count). The van der Waals surface area contributed by atoms with Gasteiger partial charge < -0.3 is 13.5 Å². The van der Waals surface area contributed by atoms with E-state index in [4.69, 9.17) is 8.60 Å². The molecule has 142 valence electrons. The van der Waals surface area contributed by atoms with Crippen LogP contribution < -0.4 is 4.18 Å². The van der Waals surface area contributed by atoms with Gasteiger partial charge in [0.15, 0.2) is 11.5 Å². The molecule has 0 aliphatic carbocycles. The SMILES string of the molecule is O=S(=O)(CCN1CCC(c2nc3ccccc3o2)CC1)Oc1ccccc1. The largest absolute Gasteiger partial charge is 0.440 e. The average molecular weight is 386 g/mol. The first kappa shape index (κ1) is 18.0. The van der Waals surface area contributed by atoms with Crippen LogP contribution in [0.25, 0.3) is 11.1 Å². The van der Waals surface area contributed by atoms with Gasteiger partial charge in [-0.2, -0.15) is 8.42 Å². The molecule has 1 aromatic heterocycles. The van der Waals surface area contributed by atoms with Gasteiger partial charge in [-0.15, -0.1) is 0 Å². The number of hydrogen-bond acceptors (Lipinski definition) is 6. The Labute approximate surface area is 158 Å². The minimum atomic E-state index is -3.59. The van der Waals surface area contributed by atoms with Crippen molar-refractivity contribution in [1.82, 2.24) is 9.88 Å². The standard InChI is InChI=1S/C20H22N2O4S/c23-27(24,26-17-6-2-1-3-7-17)15-14-22-12-10-16(11-13-22)20-21-18-8-4-5-9-19(18)25-20/h1-9,16H,10-15H2. The highest BCUT2D eigenvalue weighted by Crippen LogP contribution is 2.29. The normalized spacial score (nSPS) is 16.6. The molecule has 6 nitrogen and oxygen atoms in total. The van der Waals surface area contributed by atoms with Crippen LogP contribution in [0.15, 0.2) is 59.0 Å². The lowest BCUT2D eigenvalue weighted by atomic mass is 9.97. The number of para-hydroxylation sites is 3. The van der Waals surface area contributed by atoms with Gasteiger partial charge in [-0.25, -0.2) is 4.98 Å². The van der Waals surface area contributed by atoms with Crippen LogP contribution in [0.5, 0.6) is 5.75 Å². The van der Waals surface area contributed by atoms with Crippen molar-refractivity contribution in [1.29, 1.82) is 0 Å². The van der Waals surface area contributed by atoms with Crippen LogP contribution in [0.1, 0.15) is 24.7 Å². The van der Waals surface area contributed by atoms with Gasteiger partial charge >= 0.3 is 10.1 Å². The number of fused-ring (bicyclic) bond motifs is 1. The van der Waals surface area contributed by atoms with Gasteiger partial charge in [0.1, 0.15) is 11.3 Å². The number of nitrogens with zero attached hydrogens (tertiary/aromatic N) is 2. The number of rotatable bonds is 6. The van der Waals surface area contributed by atoms with Crippen molar-refractivity contribution in [2.75, 3.05) is 25.4 Å². The summed E-state index contributed by atoms with van der Waals surface area (Å²) >= 11 is 0. The highest BCUT2D eigenvalue weighted by Gasteiger charge is 2.25. The first-order chi connectivity index (χ1) is 13.1. The van der Waals surface area contributed by atoms with Gasteiger partial charge in [0, 0.05) is 12.5 Å². The molecule has 1 fully saturated rings. The number of oxazole rings is 1. The van der Waals surface area contributed by atoms with Gasteiger partial charge in [-0.1, -0.05) is 30.3 Å². The van der Waals surface area contributed by atoms with Crippen LogP contribution in [-0.4, -0.2) is 43.7 Å². The molecule has 1 saturated heterocycles. The van der Waals surface area contributed by atoms with Crippen LogP contribution >= 0.6 is 0 Å². The topological polar surface area (TPSA) is 72.6 Å². The Hall–Kier alpha value is -2.38. The quantitative estimate of drug-likeness (QED) is 0.605. The third-order valence-electron chi connectivity index (χ3n) is 4.87. The first-order valence-electron chi connectivity index (χ1n) is 9.14. The van der Waals surface area contributed by atoms with E-state index in [1.807, 2.05) is 30.3 Å². The fourth-order valence-electron chi connectivity index (χ4n) is 3.37. The Bertz CT molecular complexity index is 960. The van der Waals surface area contributed by atoms with Crippen LogP contribution in [0.2, 0.25) is 0 Å². The second-order valence-corrected chi connectivity index (χ2v) is 8.48. The summed E-state index contributed by atoms with van der Waals surface area (Å²) in [6.07, 6.45) is 1.82. The molecule has 27 heavy (non-hydrogen) atoms. The van der Waals surface area contributed by atoms with E-state index in [0.717, 1.165) is 42.9 Å². The summed E-state index contributed by atoms with van der Waals surface area (Å²) < 4.78 is 35.3. The molecule has 1 aliphatic rings. The Morgan fingerprint density at radius 2 is 1.74 bits per heavy atom. The zero-order chi connectivity index (χ0) is 18.7. The summed E-state index contributed by atoms with van der Waals surface area (Å²) in [5.74, 6) is 1.41. The van der Waals surface area contributed by atoms with Crippen molar-refractivity contribution in [3.63, 3.8) is 0 Å². The monoisotopic (exact) mass is 386 g/mol. The number of likely N-dealkylation sites (tertiary alicyclic amines) is 1. The fraction of sp³-hybridized carbons (Fsp3) is 0.350. The molecule has 2 heterocycles. The minimum Gasteiger partial charge on any atom is -0.440 e. The van der Waals surface area contributed by atoms with Crippen molar-refractivity contribution in [2.24, 2.45) is 0 Å². The molecule has 0 bridgehead atoms. The molecule has 0 spiro atoms. The van der Waals surface area contributed by atoms with E-state index in [0.29, 0.717) is 12.3 Å². The van der Waals surface area contributed by atoms with Gasteiger partial charge in [-0.3, -0.25) is 0 Å². The summed E-state index contributed by atoms with van der Waals surface area (Å²) in [6.45, 7) is 2.12. The molecule has 0 saturated carbocycles. The van der Waals surface area contributed by atoms with Crippen LogP contribution in [0, 0.1) is 0 Å². The molecule has 3 aromatic rings. The molecule has 0 atom stereocenters. The average Bonchev–Trinajstić information content (AvgIpc) is 3.12. The first-order valence-corrected chi connectivity index (χ1v) is 10.7. The van der Waals surface area contributed by atoms with Gasteiger partial charge in [0.05, 0.1) is 5.75 Å². The number of aromatic nitrogens is 1. The zero-order valence-electron chi connectivity index (χ0n) is 15.0. The predicted molar refractivity (Wildman–Crippen MR) is 103 cm³/mol. The lowest BCUT2D eigenvalue weighted by molar-refractivity contribution is 0.210. The smallest absolute Gasteiger partial charge is 0.310 e. The third kappa shape index (κ3) is 4.48. The van der Waals surface area contributed by atoms with E-state index in [1.54, 1.807) is 24.3 Å². The van der Waals surface area contributed by atoms with Crippen LogP contribution in [0.3, 0.4) is 0 Å². The third-order valence-corrected chi connectivity index (χ3v) is 6.00. The minimum absolute atomic E-state index is 0.0184. The summed E-state index contributed by atoms with van der Waals surface area (Å²) in [4.78, 5) is 6.75. The molecule has 2 aromatic carbocycles. The summed E-state index contributed by atoms with van der Waals surface area (Å²) in [7, 11) is -3.59. The summed E-state index contributed by atoms with van der Waals surface area (Å²) in [5.41, 5.74) is 1.71. The van der Waals surface area contributed by atoms with Gasteiger partial charge in [0.25, 0.3) is 0 Å². The van der Waals surface area contributed by atoms with E-state index in [2.05, 4.69) is 9.88 Å². The van der Waals surface area contributed by atoms with E-state index in [-0.39, 0.29) is 11.7 Å². The van der Waals surface area contributed by atoms with Crippen LogP contribution in [-0.2, 0) is 10.1 Å². The Balaban J connectivity index is 1.29. The molecular formula is C20H22N2O4S. The van der Waals surface area contributed by atoms with Crippen molar-refractivity contribution in [2.45, 2.75) is 18.8 Å². The highest BCUT2D eigenvalue weighted by atomic mass is 32.2. The Morgan fingerprint density at radius 3 is 2.48 bits per heavy atom. The van der Waals surface area contributed by atoms with Crippen molar-refractivity contribution >= 4 is 21.2 Å². The van der Waals surface area contributed by atoms with E-state index >= 15 is 0 Å².